The normalized spacial score (nSPS) is 14.1. The van der Waals surface area contributed by atoms with Crippen molar-refractivity contribution < 1.29 is 14.4 Å². The summed E-state index contributed by atoms with van der Waals surface area (Å²) in [4.78, 5) is 38.5. The van der Waals surface area contributed by atoms with Crippen molar-refractivity contribution >= 4 is 34.8 Å². The molecule has 0 aromatic heterocycles. The van der Waals surface area contributed by atoms with Crippen molar-refractivity contribution in [2.75, 3.05) is 35.6 Å². The largest absolute Gasteiger partial charge is 0.376 e. The molecular weight excluding hydrogens is 392 g/mol. The van der Waals surface area contributed by atoms with Gasteiger partial charge in [-0.1, -0.05) is 26.0 Å². The van der Waals surface area contributed by atoms with E-state index in [0.717, 1.165) is 31.6 Å². The maximum atomic E-state index is 12.8. The summed E-state index contributed by atoms with van der Waals surface area (Å²) in [6.07, 6.45) is 2.46. The standard InChI is InChI=1S/C24H30N4O3/c1-3-22(29)26-20-8-5-9-21(15-20)27-23(30)16-25-19-7-4-6-18(14-19)24(31)28-12-10-17(2)11-13-28/h4-9,14-15,17,25H,3,10-13,16H2,1-2H3,(H,26,29)(H,27,30). The molecule has 0 aliphatic carbocycles. The van der Waals surface area contributed by atoms with Gasteiger partial charge in [-0.2, -0.15) is 0 Å². The van der Waals surface area contributed by atoms with Crippen LogP contribution < -0.4 is 16.0 Å². The molecule has 0 radical (unpaired) electrons. The number of carbonyl (C=O) groups excluding carboxylic acids is 3. The smallest absolute Gasteiger partial charge is 0.253 e. The van der Waals surface area contributed by atoms with E-state index in [2.05, 4.69) is 22.9 Å². The minimum Gasteiger partial charge on any atom is -0.376 e. The van der Waals surface area contributed by atoms with Crippen LogP contribution in [0.15, 0.2) is 48.5 Å². The summed E-state index contributed by atoms with van der Waals surface area (Å²) in [6, 6.07) is 14.3. The van der Waals surface area contributed by atoms with Gasteiger partial charge in [0.25, 0.3) is 5.91 Å². The Morgan fingerprint density at radius 2 is 1.52 bits per heavy atom. The minimum absolute atomic E-state index is 0.0333. The molecule has 3 amide bonds. The van der Waals surface area contributed by atoms with Gasteiger partial charge in [-0.3, -0.25) is 14.4 Å². The lowest BCUT2D eigenvalue weighted by Crippen LogP contribution is -2.37. The molecule has 1 fully saturated rings. The molecule has 1 saturated heterocycles. The quantitative estimate of drug-likeness (QED) is 0.630. The van der Waals surface area contributed by atoms with Crippen molar-refractivity contribution in [1.82, 2.24) is 4.90 Å². The van der Waals surface area contributed by atoms with Crippen molar-refractivity contribution in [3.63, 3.8) is 0 Å². The number of nitrogens with one attached hydrogen (secondary N) is 3. The molecule has 2 aromatic rings. The summed E-state index contributed by atoms with van der Waals surface area (Å²) in [6.45, 7) is 5.64. The fourth-order valence-corrected chi connectivity index (χ4v) is 3.47. The number of carbonyl (C=O) groups is 3. The Labute approximate surface area is 183 Å². The lowest BCUT2D eigenvalue weighted by atomic mass is 9.98. The van der Waals surface area contributed by atoms with Crippen LogP contribution in [0.1, 0.15) is 43.5 Å². The van der Waals surface area contributed by atoms with Crippen LogP contribution in [0.2, 0.25) is 0 Å². The van der Waals surface area contributed by atoms with E-state index in [1.807, 2.05) is 23.1 Å². The maximum absolute atomic E-state index is 12.8. The number of rotatable bonds is 7. The van der Waals surface area contributed by atoms with E-state index >= 15 is 0 Å². The van der Waals surface area contributed by atoms with Crippen LogP contribution in [0.3, 0.4) is 0 Å². The van der Waals surface area contributed by atoms with Gasteiger partial charge in [0.05, 0.1) is 6.54 Å². The fourth-order valence-electron chi connectivity index (χ4n) is 3.47. The van der Waals surface area contributed by atoms with Crippen molar-refractivity contribution in [3.05, 3.63) is 54.1 Å². The van der Waals surface area contributed by atoms with Crippen LogP contribution in [0, 0.1) is 5.92 Å². The summed E-state index contributed by atoms with van der Waals surface area (Å²) in [5.41, 5.74) is 2.58. The first-order chi connectivity index (χ1) is 14.9. The molecule has 0 spiro atoms. The summed E-state index contributed by atoms with van der Waals surface area (Å²) >= 11 is 0. The minimum atomic E-state index is -0.222. The molecule has 31 heavy (non-hydrogen) atoms. The van der Waals surface area contributed by atoms with E-state index in [0.29, 0.717) is 29.3 Å². The number of nitrogens with zero attached hydrogens (tertiary/aromatic N) is 1. The monoisotopic (exact) mass is 422 g/mol. The number of anilines is 3. The highest BCUT2D eigenvalue weighted by molar-refractivity contribution is 5.97. The molecule has 164 valence electrons. The Bertz CT molecular complexity index is 936. The molecule has 3 rings (SSSR count). The molecule has 0 unspecified atom stereocenters. The van der Waals surface area contributed by atoms with Gasteiger partial charge < -0.3 is 20.9 Å². The molecule has 1 aliphatic heterocycles. The fraction of sp³-hybridized carbons (Fsp3) is 0.375. The molecule has 3 N–H and O–H groups in total. The molecule has 1 heterocycles. The van der Waals surface area contributed by atoms with Crippen molar-refractivity contribution in [2.45, 2.75) is 33.1 Å². The summed E-state index contributed by atoms with van der Waals surface area (Å²) in [5.74, 6) is 0.393. The Kier molecular flexibility index (Phi) is 7.65. The third-order valence-electron chi connectivity index (χ3n) is 5.38. The maximum Gasteiger partial charge on any atom is 0.253 e. The average molecular weight is 423 g/mol. The number of hydrogen-bond donors (Lipinski definition) is 3. The molecule has 0 bridgehead atoms. The van der Waals surface area contributed by atoms with E-state index < -0.39 is 0 Å². The third kappa shape index (κ3) is 6.57. The number of piperidine rings is 1. The van der Waals surface area contributed by atoms with Crippen molar-refractivity contribution in [3.8, 4) is 0 Å². The van der Waals surface area contributed by atoms with Crippen LogP contribution in [-0.2, 0) is 9.59 Å². The Morgan fingerprint density at radius 3 is 2.19 bits per heavy atom. The zero-order chi connectivity index (χ0) is 22.2. The lowest BCUT2D eigenvalue weighted by molar-refractivity contribution is -0.116. The molecular formula is C24H30N4O3. The summed E-state index contributed by atoms with van der Waals surface area (Å²) in [7, 11) is 0. The van der Waals surface area contributed by atoms with Gasteiger partial charge in [0.2, 0.25) is 11.8 Å². The lowest BCUT2D eigenvalue weighted by Gasteiger charge is -2.30. The van der Waals surface area contributed by atoms with Crippen molar-refractivity contribution in [1.29, 1.82) is 0 Å². The predicted octanol–water partition coefficient (Wildman–Crippen LogP) is 3.96. The second-order valence-corrected chi connectivity index (χ2v) is 7.94. The van der Waals surface area contributed by atoms with E-state index in [9.17, 15) is 14.4 Å². The SMILES string of the molecule is CCC(=O)Nc1cccc(NC(=O)CNc2cccc(C(=O)N3CCC(C)CC3)c2)c1. The molecule has 0 saturated carbocycles. The second kappa shape index (κ2) is 10.6. The van der Waals surface area contributed by atoms with Crippen LogP contribution in [0.4, 0.5) is 17.1 Å². The zero-order valence-electron chi connectivity index (χ0n) is 18.1. The molecule has 7 heteroatoms. The van der Waals surface area contributed by atoms with Gasteiger partial charge in [-0.25, -0.2) is 0 Å². The van der Waals surface area contributed by atoms with Gasteiger partial charge in [0.1, 0.15) is 0 Å². The number of hydrogen-bond acceptors (Lipinski definition) is 4. The van der Waals surface area contributed by atoms with E-state index in [1.165, 1.54) is 0 Å². The number of likely N-dealkylation sites (tertiary alicyclic amines) is 1. The first-order valence-electron chi connectivity index (χ1n) is 10.8. The first kappa shape index (κ1) is 22.3. The zero-order valence-corrected chi connectivity index (χ0v) is 18.1. The van der Waals surface area contributed by atoms with Crippen LogP contribution >= 0.6 is 0 Å². The highest BCUT2D eigenvalue weighted by Crippen LogP contribution is 2.20. The number of amides is 3. The summed E-state index contributed by atoms with van der Waals surface area (Å²) in [5, 5.41) is 8.65. The molecule has 7 nitrogen and oxygen atoms in total. The predicted molar refractivity (Wildman–Crippen MR) is 123 cm³/mol. The molecule has 1 aliphatic rings. The Balaban J connectivity index is 1.54. The van der Waals surface area contributed by atoms with Gasteiger partial charge in [-0.05, 0) is 55.2 Å². The Hall–Kier alpha value is -3.35. The van der Waals surface area contributed by atoms with E-state index in [-0.39, 0.29) is 24.3 Å². The highest BCUT2D eigenvalue weighted by Gasteiger charge is 2.21. The van der Waals surface area contributed by atoms with Gasteiger partial charge in [0, 0.05) is 42.1 Å². The topological polar surface area (TPSA) is 90.5 Å². The number of benzene rings is 2. The average Bonchev–Trinajstić information content (AvgIpc) is 2.78. The summed E-state index contributed by atoms with van der Waals surface area (Å²) < 4.78 is 0. The molecule has 0 atom stereocenters. The van der Waals surface area contributed by atoms with Crippen LogP contribution in [0.25, 0.3) is 0 Å². The first-order valence-corrected chi connectivity index (χ1v) is 10.8. The van der Waals surface area contributed by atoms with Crippen LogP contribution in [-0.4, -0.2) is 42.3 Å². The van der Waals surface area contributed by atoms with E-state index in [1.54, 1.807) is 37.3 Å². The third-order valence-corrected chi connectivity index (χ3v) is 5.38. The van der Waals surface area contributed by atoms with Crippen molar-refractivity contribution in [2.24, 2.45) is 5.92 Å². The Morgan fingerprint density at radius 1 is 0.903 bits per heavy atom. The van der Waals surface area contributed by atoms with Gasteiger partial charge >= 0.3 is 0 Å². The molecule has 2 aromatic carbocycles. The van der Waals surface area contributed by atoms with Crippen LogP contribution in [0.5, 0.6) is 0 Å². The second-order valence-electron chi connectivity index (χ2n) is 7.94. The van der Waals surface area contributed by atoms with E-state index in [4.69, 9.17) is 0 Å². The highest BCUT2D eigenvalue weighted by atomic mass is 16.2. The van der Waals surface area contributed by atoms with Gasteiger partial charge in [-0.15, -0.1) is 0 Å². The van der Waals surface area contributed by atoms with Gasteiger partial charge in [0.15, 0.2) is 0 Å².